The Bertz CT molecular complexity index is 1060. The van der Waals surface area contributed by atoms with E-state index < -0.39 is 11.5 Å². The number of anilines is 1. The molecule has 3 heterocycles. The van der Waals surface area contributed by atoms with Gasteiger partial charge in [-0.15, -0.1) is 11.3 Å². The molecule has 0 radical (unpaired) electrons. The number of benzene rings is 1. The van der Waals surface area contributed by atoms with E-state index in [-0.39, 0.29) is 11.5 Å². The zero-order valence-corrected chi connectivity index (χ0v) is 16.0. The van der Waals surface area contributed by atoms with Crippen molar-refractivity contribution in [3.63, 3.8) is 0 Å². The first-order chi connectivity index (χ1) is 13.0. The monoisotopic (exact) mass is 384 g/mol. The maximum absolute atomic E-state index is 12.7. The van der Waals surface area contributed by atoms with Crippen LogP contribution < -0.4 is 10.9 Å². The van der Waals surface area contributed by atoms with Crippen LogP contribution in [0, 0.1) is 13.8 Å². The number of hydrogen-bond donors (Lipinski definition) is 1. The number of ether oxygens (including phenoxy) is 1. The van der Waals surface area contributed by atoms with Gasteiger partial charge in [0.15, 0.2) is 0 Å². The van der Waals surface area contributed by atoms with Crippen molar-refractivity contribution < 1.29 is 13.9 Å². The lowest BCUT2D eigenvalue weighted by Gasteiger charge is -2.21. The minimum absolute atomic E-state index is 0.0476. The van der Waals surface area contributed by atoms with Crippen LogP contribution in [-0.2, 0) is 4.74 Å². The minimum Gasteiger partial charge on any atom is -0.427 e. The summed E-state index contributed by atoms with van der Waals surface area (Å²) in [6, 6.07) is 7.32. The van der Waals surface area contributed by atoms with Crippen LogP contribution in [0.4, 0.5) is 5.69 Å². The van der Waals surface area contributed by atoms with Crippen LogP contribution in [0.1, 0.15) is 45.4 Å². The van der Waals surface area contributed by atoms with Crippen molar-refractivity contribution in [2.75, 3.05) is 18.5 Å². The van der Waals surface area contributed by atoms with E-state index in [1.807, 2.05) is 25.1 Å². The summed E-state index contributed by atoms with van der Waals surface area (Å²) >= 11 is 1.56. The van der Waals surface area contributed by atoms with E-state index in [1.54, 1.807) is 24.3 Å². The van der Waals surface area contributed by atoms with Gasteiger partial charge in [0.2, 0.25) is 0 Å². The fourth-order valence-corrected chi connectivity index (χ4v) is 4.27. The normalized spacial score (nSPS) is 15.2. The third-order valence-corrected chi connectivity index (χ3v) is 5.71. The van der Waals surface area contributed by atoms with Crippen LogP contribution >= 0.6 is 11.3 Å². The summed E-state index contributed by atoms with van der Waals surface area (Å²) in [5.41, 5.74) is 1.60. The average Bonchev–Trinajstić information content (AvgIpc) is 3.01. The van der Waals surface area contributed by atoms with Gasteiger partial charge in [-0.25, -0.2) is 9.78 Å². The van der Waals surface area contributed by atoms with Gasteiger partial charge in [-0.05, 0) is 56.5 Å². The molecule has 1 fully saturated rings. The third-order valence-electron chi connectivity index (χ3n) is 4.77. The topological polar surface area (TPSA) is 81.4 Å². The quantitative estimate of drug-likeness (QED) is 0.738. The SMILES string of the molecule is Cc1nc2ccc(NC(=O)c3c(C)cc(C4CCOCC4)oc3=O)cc2s1. The third kappa shape index (κ3) is 3.65. The Labute approximate surface area is 160 Å². The lowest BCUT2D eigenvalue weighted by atomic mass is 9.95. The van der Waals surface area contributed by atoms with Gasteiger partial charge in [0.1, 0.15) is 11.3 Å². The lowest BCUT2D eigenvalue weighted by Crippen LogP contribution is -2.24. The molecule has 0 unspecified atom stereocenters. The zero-order valence-electron chi connectivity index (χ0n) is 15.2. The summed E-state index contributed by atoms with van der Waals surface area (Å²) in [6.45, 7) is 5.03. The molecule has 0 atom stereocenters. The first-order valence-corrected chi connectivity index (χ1v) is 9.74. The Balaban J connectivity index is 1.59. The number of thiazole rings is 1. The van der Waals surface area contributed by atoms with Gasteiger partial charge >= 0.3 is 5.63 Å². The van der Waals surface area contributed by atoms with Crippen molar-refractivity contribution in [3.05, 3.63) is 56.6 Å². The van der Waals surface area contributed by atoms with E-state index in [0.29, 0.717) is 30.2 Å². The molecule has 0 spiro atoms. The van der Waals surface area contributed by atoms with Gasteiger partial charge in [-0.1, -0.05) is 0 Å². The highest BCUT2D eigenvalue weighted by atomic mass is 32.1. The van der Waals surface area contributed by atoms with E-state index in [2.05, 4.69) is 10.3 Å². The fourth-order valence-electron chi connectivity index (χ4n) is 3.40. The standard InChI is InChI=1S/C20H20N2O4S/c1-11-9-16(13-5-7-25-8-6-13)26-20(24)18(11)19(23)22-14-3-4-15-17(10-14)27-12(2)21-15/h3-4,9-10,13H,5-8H2,1-2H3,(H,22,23). The summed E-state index contributed by atoms with van der Waals surface area (Å²) in [6.07, 6.45) is 1.64. The molecule has 1 aromatic carbocycles. The number of rotatable bonds is 3. The second-order valence-electron chi connectivity index (χ2n) is 6.75. The minimum atomic E-state index is -0.594. The summed E-state index contributed by atoms with van der Waals surface area (Å²) in [5, 5.41) is 3.77. The summed E-state index contributed by atoms with van der Waals surface area (Å²) in [4.78, 5) is 29.6. The fraction of sp³-hybridized carbons (Fsp3) is 0.350. The molecule has 1 saturated heterocycles. The largest absolute Gasteiger partial charge is 0.427 e. The first kappa shape index (κ1) is 17.9. The Hall–Kier alpha value is -2.51. The molecular weight excluding hydrogens is 364 g/mol. The highest BCUT2D eigenvalue weighted by Crippen LogP contribution is 2.28. The van der Waals surface area contributed by atoms with Crippen molar-refractivity contribution in [1.82, 2.24) is 4.98 Å². The van der Waals surface area contributed by atoms with Crippen LogP contribution in [0.3, 0.4) is 0 Å². The molecule has 1 amide bonds. The molecule has 0 aliphatic carbocycles. The number of aromatic nitrogens is 1. The molecule has 3 aromatic rings. The molecule has 140 valence electrons. The number of nitrogens with zero attached hydrogens (tertiary/aromatic N) is 1. The van der Waals surface area contributed by atoms with Crippen LogP contribution in [0.25, 0.3) is 10.2 Å². The average molecular weight is 384 g/mol. The Morgan fingerprint density at radius 1 is 1.22 bits per heavy atom. The highest BCUT2D eigenvalue weighted by Gasteiger charge is 2.23. The Morgan fingerprint density at radius 3 is 2.74 bits per heavy atom. The molecular formula is C20H20N2O4S. The second kappa shape index (κ2) is 7.25. The van der Waals surface area contributed by atoms with E-state index in [0.717, 1.165) is 28.1 Å². The van der Waals surface area contributed by atoms with Gasteiger partial charge in [-0.2, -0.15) is 0 Å². The van der Waals surface area contributed by atoms with Crippen LogP contribution in [-0.4, -0.2) is 24.1 Å². The second-order valence-corrected chi connectivity index (χ2v) is 7.99. The maximum atomic E-state index is 12.7. The van der Waals surface area contributed by atoms with Crippen LogP contribution in [0.5, 0.6) is 0 Å². The molecule has 1 aliphatic rings. The van der Waals surface area contributed by atoms with Crippen molar-refractivity contribution >= 4 is 33.1 Å². The van der Waals surface area contributed by atoms with Crippen molar-refractivity contribution in [1.29, 1.82) is 0 Å². The van der Waals surface area contributed by atoms with E-state index in [9.17, 15) is 9.59 Å². The van der Waals surface area contributed by atoms with E-state index in [1.165, 1.54) is 0 Å². The number of nitrogens with one attached hydrogen (secondary N) is 1. The smallest absolute Gasteiger partial charge is 0.349 e. The Morgan fingerprint density at radius 2 is 2.00 bits per heavy atom. The molecule has 4 rings (SSSR count). The Kier molecular flexibility index (Phi) is 4.80. The number of carbonyl (C=O) groups is 1. The summed E-state index contributed by atoms with van der Waals surface area (Å²) in [5.74, 6) is 0.346. The molecule has 1 aliphatic heterocycles. The molecule has 2 aromatic heterocycles. The lowest BCUT2D eigenvalue weighted by molar-refractivity contribution is 0.0796. The van der Waals surface area contributed by atoms with Crippen LogP contribution in [0.2, 0.25) is 0 Å². The van der Waals surface area contributed by atoms with Gasteiger partial charge in [0.05, 0.1) is 15.2 Å². The van der Waals surface area contributed by atoms with Gasteiger partial charge in [0, 0.05) is 24.8 Å². The maximum Gasteiger partial charge on any atom is 0.349 e. The molecule has 0 bridgehead atoms. The molecule has 27 heavy (non-hydrogen) atoms. The molecule has 0 saturated carbocycles. The highest BCUT2D eigenvalue weighted by molar-refractivity contribution is 7.18. The van der Waals surface area contributed by atoms with E-state index >= 15 is 0 Å². The van der Waals surface area contributed by atoms with Crippen molar-refractivity contribution in [2.45, 2.75) is 32.6 Å². The zero-order chi connectivity index (χ0) is 19.0. The number of hydrogen-bond acceptors (Lipinski definition) is 6. The number of amides is 1. The predicted octanol–water partition coefficient (Wildman–Crippen LogP) is 4.01. The van der Waals surface area contributed by atoms with Gasteiger partial charge < -0.3 is 14.5 Å². The van der Waals surface area contributed by atoms with Crippen LogP contribution in [0.15, 0.2) is 33.5 Å². The van der Waals surface area contributed by atoms with Crippen molar-refractivity contribution in [3.8, 4) is 0 Å². The first-order valence-electron chi connectivity index (χ1n) is 8.92. The molecule has 6 nitrogen and oxygen atoms in total. The predicted molar refractivity (Wildman–Crippen MR) is 105 cm³/mol. The number of carbonyl (C=O) groups excluding carboxylic acids is 1. The van der Waals surface area contributed by atoms with Gasteiger partial charge in [-0.3, -0.25) is 4.79 Å². The van der Waals surface area contributed by atoms with Gasteiger partial charge in [0.25, 0.3) is 5.91 Å². The number of aryl methyl sites for hydroxylation is 2. The number of fused-ring (bicyclic) bond motifs is 1. The van der Waals surface area contributed by atoms with E-state index in [4.69, 9.17) is 9.15 Å². The summed E-state index contributed by atoms with van der Waals surface area (Å²) in [7, 11) is 0. The van der Waals surface area contributed by atoms with Crippen molar-refractivity contribution in [2.24, 2.45) is 0 Å². The summed E-state index contributed by atoms with van der Waals surface area (Å²) < 4.78 is 11.8. The molecule has 1 N–H and O–H groups in total. The molecule has 7 heteroatoms.